The zero-order valence-corrected chi connectivity index (χ0v) is 58.1. The molecule has 4 aliphatic heterocycles. The number of ether oxygens (including phenoxy) is 1. The highest BCUT2D eigenvalue weighted by Crippen LogP contribution is 2.50. The summed E-state index contributed by atoms with van der Waals surface area (Å²) in [6.45, 7) is 18.1. The Hall–Kier alpha value is -6.82. The molecule has 5 aliphatic rings. The van der Waals surface area contributed by atoms with E-state index in [1.807, 2.05) is 119 Å². The van der Waals surface area contributed by atoms with Crippen LogP contribution in [0.2, 0.25) is 20.1 Å². The maximum Gasteiger partial charge on any atom is 0.320 e. The molecule has 1 aliphatic carbocycles. The number of hydrogen-bond acceptors (Lipinski definition) is 13. The molecule has 93 heavy (non-hydrogen) atoms. The Bertz CT molecular complexity index is 4290. The fraction of sp³-hybridized carbons (Fsp3) is 0.386. The highest BCUT2D eigenvalue weighted by molar-refractivity contribution is 14.1. The Balaban J connectivity index is 0.000000119. The van der Waals surface area contributed by atoms with Crippen LogP contribution in [-0.2, 0) is 4.79 Å². The predicted molar refractivity (Wildman–Crippen MR) is 377 cm³/mol. The molecule has 0 amide bonds. The highest BCUT2D eigenvalue weighted by atomic mass is 127. The van der Waals surface area contributed by atoms with Gasteiger partial charge < -0.3 is 44.4 Å². The number of nitrogens with two attached hydrogens (primary N) is 1. The van der Waals surface area contributed by atoms with Crippen LogP contribution in [0, 0.1) is 19.8 Å². The van der Waals surface area contributed by atoms with Crippen LogP contribution in [0.1, 0.15) is 115 Å². The minimum absolute atomic E-state index is 0.0379. The number of carbonyl (C=O) groups is 1. The first-order valence-electron chi connectivity index (χ1n) is 31.7. The van der Waals surface area contributed by atoms with Crippen molar-refractivity contribution in [3.63, 3.8) is 0 Å². The van der Waals surface area contributed by atoms with Gasteiger partial charge in [-0.05, 0) is 146 Å². The second-order valence-corrected chi connectivity index (χ2v) is 28.2. The average Bonchev–Trinajstić information content (AvgIpc) is 1.64. The summed E-state index contributed by atoms with van der Waals surface area (Å²) < 4.78 is 31.0. The molecular weight excluding hydrogens is 1370 g/mol. The Morgan fingerprint density at radius 2 is 1.27 bits per heavy atom. The zero-order valence-electron chi connectivity index (χ0n) is 52.9. The van der Waals surface area contributed by atoms with Crippen molar-refractivity contribution in [2.45, 2.75) is 110 Å². The molecular formula is C70H79Cl4IN12O6. The van der Waals surface area contributed by atoms with E-state index in [-0.39, 0.29) is 17.5 Å². The van der Waals surface area contributed by atoms with E-state index < -0.39 is 5.97 Å². The number of anilines is 1. The summed E-state index contributed by atoms with van der Waals surface area (Å²) in [6, 6.07) is 32.5. The maximum atomic E-state index is 10.1. The smallest absolute Gasteiger partial charge is 0.320 e. The number of aromatic nitrogens is 8. The molecule has 0 bridgehead atoms. The van der Waals surface area contributed by atoms with Crippen LogP contribution in [0.15, 0.2) is 160 Å². The molecule has 4 fully saturated rings. The summed E-state index contributed by atoms with van der Waals surface area (Å²) in [7, 11) is 0. The second-order valence-electron chi connectivity index (χ2n) is 25.4. The summed E-state index contributed by atoms with van der Waals surface area (Å²) >= 11 is 27.1. The summed E-state index contributed by atoms with van der Waals surface area (Å²) in [5, 5.41) is 35.0. The van der Waals surface area contributed by atoms with E-state index in [9.17, 15) is 4.79 Å². The number of aliphatic carboxylic acids is 1. The molecule has 7 aromatic heterocycles. The summed E-state index contributed by atoms with van der Waals surface area (Å²) in [5.41, 5.74) is 18.3. The first kappa shape index (κ1) is 67.6. The lowest BCUT2D eigenvalue weighted by atomic mass is 9.84. The lowest BCUT2D eigenvalue weighted by Crippen LogP contribution is -2.31. The summed E-state index contributed by atoms with van der Waals surface area (Å²) in [5.74, 6) is 0.668. The molecule has 4 aromatic carbocycles. The second kappa shape index (κ2) is 29.9. The molecule has 23 heteroatoms. The molecule has 1 saturated carbocycles. The predicted octanol–water partition coefficient (Wildman–Crippen LogP) is 16.9. The fourth-order valence-corrected chi connectivity index (χ4v) is 14.0. The van der Waals surface area contributed by atoms with Crippen LogP contribution in [-0.4, -0.2) is 102 Å². The molecule has 11 aromatic rings. The minimum Gasteiger partial charge on any atom is -0.480 e. The standard InChI is InChI=1S/C19H21ClN2O.C17H21ClN4O.C11H6ClIN2O.C11H7ClN2O.C7H15N.C5H9NO2/c1-3-19(2)9-8-13(10-19)15-11-21-22-17(12-23-18(15)22)14-6-4-5-7-16(14)20;1-17(10-19)6-7-21(11-17)14-8-20-22-15(9-23-16(14)22)12-4-2-3-5-13(12)18;12-8-4-2-1-3-7(8)10-6-16-11-9(13)5-14-15(10)11;12-9-4-2-1-3-8(9)10-7-15-11-5-6-13-14(10)11;1-3-7(2)4-5-8-6-7;7-5(8)4-2-1-3-6-4/h4-7,11-13H,3,8-10H2,1-2H3;2-5,8,15H,6-7,9-11,19H2,1H3;1-6H;1-7H;8H,3-6H2,1-2H3;4,6H,1-3H2,(H,7,8)/t;;;;;4-/m.....0/s1. The van der Waals surface area contributed by atoms with Gasteiger partial charge in [-0.3, -0.25) is 4.79 Å². The van der Waals surface area contributed by atoms with Gasteiger partial charge in [0.15, 0.2) is 0 Å². The number of hydrogen-bond donors (Lipinski definition) is 4. The third-order valence-electron chi connectivity index (χ3n) is 18.9. The number of rotatable bonds is 10. The van der Waals surface area contributed by atoms with Crippen LogP contribution in [0.3, 0.4) is 0 Å². The molecule has 490 valence electrons. The molecule has 0 spiro atoms. The van der Waals surface area contributed by atoms with Gasteiger partial charge in [-0.25, -0.2) is 4.68 Å². The first-order chi connectivity index (χ1) is 44.9. The number of fused-ring (bicyclic) bond motifs is 4. The van der Waals surface area contributed by atoms with Crippen molar-refractivity contribution in [1.29, 1.82) is 0 Å². The molecule has 5 N–H and O–H groups in total. The summed E-state index contributed by atoms with van der Waals surface area (Å²) in [6.07, 6.45) is 22.9. The van der Waals surface area contributed by atoms with E-state index in [4.69, 9.17) is 75.2 Å². The number of benzene rings is 4. The number of oxazole rings is 3. The number of nitrogens with one attached hydrogen (secondary N) is 2. The van der Waals surface area contributed by atoms with Gasteiger partial charge in [0.25, 0.3) is 0 Å². The third-order valence-corrected chi connectivity index (χ3v) is 21.0. The van der Waals surface area contributed by atoms with Crippen molar-refractivity contribution in [1.82, 2.24) is 49.3 Å². The Morgan fingerprint density at radius 1 is 0.667 bits per heavy atom. The van der Waals surface area contributed by atoms with Crippen molar-refractivity contribution in [3.8, 4) is 39.7 Å². The minimum atomic E-state index is -0.720. The van der Waals surface area contributed by atoms with E-state index in [1.54, 1.807) is 46.3 Å². The number of carboxylic acids is 1. The quantitative estimate of drug-likeness (QED) is 0.0940. The van der Waals surface area contributed by atoms with E-state index in [2.05, 4.69) is 93.1 Å². The fourth-order valence-electron chi connectivity index (χ4n) is 12.6. The van der Waals surface area contributed by atoms with Crippen molar-refractivity contribution in [2.75, 3.05) is 50.8 Å². The van der Waals surface area contributed by atoms with E-state index in [1.165, 1.54) is 57.2 Å². The van der Waals surface area contributed by atoms with Gasteiger partial charge in [0.2, 0.25) is 23.0 Å². The number of carboxylic acid groups (broad SMARTS) is 1. The van der Waals surface area contributed by atoms with Crippen LogP contribution in [0.25, 0.3) is 50.9 Å². The van der Waals surface area contributed by atoms with Gasteiger partial charge in [-0.1, -0.05) is 160 Å². The molecule has 11 heterocycles. The first-order valence-corrected chi connectivity index (χ1v) is 34.3. The molecule has 0 radical (unpaired) electrons. The largest absolute Gasteiger partial charge is 0.480 e. The monoisotopic (exact) mass is 1450 g/mol. The molecule has 18 nitrogen and oxygen atoms in total. The van der Waals surface area contributed by atoms with Gasteiger partial charge in [0.1, 0.15) is 60.2 Å². The average molecular weight is 1450 g/mol. The Labute approximate surface area is 575 Å². The van der Waals surface area contributed by atoms with E-state index >= 15 is 0 Å². The Morgan fingerprint density at radius 3 is 1.82 bits per heavy atom. The van der Waals surface area contributed by atoms with Gasteiger partial charge in [0.05, 0.1) is 43.4 Å². The topological polar surface area (TPSA) is 209 Å². The molecule has 16 rings (SSSR count). The van der Waals surface area contributed by atoms with Crippen molar-refractivity contribution in [3.05, 3.63) is 181 Å². The number of halogens is 5. The number of nitrogens with zero attached hydrogens (tertiary/aromatic N) is 9. The molecule has 5 unspecified atom stereocenters. The summed E-state index contributed by atoms with van der Waals surface area (Å²) in [4.78, 5) is 12.5. The SMILES string of the molecule is CC1(CN)CCN(c2cnn3c2OCC3c2ccccc2Cl)C1.CCC1(C)CCC(c2cnn3c(-c4ccccc4Cl)coc23)C1.CCC1(C)CCNC1.Clc1ccccc1-c1coc2c(I)cnn12.Clc1ccccc1-c1coc2ccnn12.O=C(O)[C@@H]1CCCN1. The van der Waals surface area contributed by atoms with Crippen LogP contribution < -0.4 is 26.0 Å². The maximum absolute atomic E-state index is 10.1. The van der Waals surface area contributed by atoms with Gasteiger partial charge >= 0.3 is 5.97 Å². The van der Waals surface area contributed by atoms with E-state index in [0.717, 1.165) is 110 Å². The lowest BCUT2D eigenvalue weighted by Gasteiger charge is -2.23. The van der Waals surface area contributed by atoms with E-state index in [0.29, 0.717) is 50.7 Å². The van der Waals surface area contributed by atoms with Gasteiger partial charge in [0, 0.05) is 53.0 Å². The van der Waals surface area contributed by atoms with Crippen molar-refractivity contribution in [2.24, 2.45) is 22.0 Å². The zero-order chi connectivity index (χ0) is 65.4. The van der Waals surface area contributed by atoms with Crippen molar-refractivity contribution < 1.29 is 27.9 Å². The third kappa shape index (κ3) is 15.2. The van der Waals surface area contributed by atoms with Gasteiger partial charge in [-0.15, -0.1) is 0 Å². The Kier molecular flexibility index (Phi) is 21.7. The van der Waals surface area contributed by atoms with Crippen molar-refractivity contribution >= 4 is 97.8 Å². The van der Waals surface area contributed by atoms with Crippen LogP contribution in [0.5, 0.6) is 5.88 Å². The van der Waals surface area contributed by atoms with Gasteiger partial charge in [-0.2, -0.15) is 33.9 Å². The molecule has 6 atom stereocenters. The van der Waals surface area contributed by atoms with Crippen LogP contribution in [0.4, 0.5) is 5.69 Å². The molecule has 3 saturated heterocycles. The lowest BCUT2D eigenvalue weighted by molar-refractivity contribution is -0.139. The van der Waals surface area contributed by atoms with Crippen LogP contribution >= 0.6 is 69.0 Å². The normalized spacial score (nSPS) is 22.0. The highest BCUT2D eigenvalue weighted by Gasteiger charge is 2.39.